The summed E-state index contributed by atoms with van der Waals surface area (Å²) in [5, 5.41) is 14.5. The van der Waals surface area contributed by atoms with E-state index in [1.165, 1.54) is 24.3 Å². The number of aromatic hydroxyl groups is 1. The number of nitrogens with one attached hydrogen (secondary N) is 2. The van der Waals surface area contributed by atoms with Gasteiger partial charge in [-0.1, -0.05) is 17.7 Å². The van der Waals surface area contributed by atoms with Gasteiger partial charge in [-0.05, 0) is 48.9 Å². The zero-order valence-electron chi connectivity index (χ0n) is 11.2. The lowest BCUT2D eigenvalue weighted by Crippen LogP contribution is -2.29. The van der Waals surface area contributed by atoms with E-state index in [-0.39, 0.29) is 5.75 Å². The number of anilines is 2. The topological polar surface area (TPSA) is 78.4 Å². The normalized spacial score (nSPS) is 10.0. The molecule has 2 aromatic carbocycles. The Hall–Kier alpha value is -2.53. The van der Waals surface area contributed by atoms with Gasteiger partial charge in [-0.25, -0.2) is 0 Å². The van der Waals surface area contributed by atoms with E-state index in [2.05, 4.69) is 10.6 Å². The van der Waals surface area contributed by atoms with Gasteiger partial charge in [0.15, 0.2) is 0 Å². The van der Waals surface area contributed by atoms with Gasteiger partial charge in [-0.15, -0.1) is 0 Å². The Morgan fingerprint density at radius 3 is 2.05 bits per heavy atom. The highest BCUT2D eigenvalue weighted by Gasteiger charge is 2.14. The predicted octanol–water partition coefficient (Wildman–Crippen LogP) is 2.93. The van der Waals surface area contributed by atoms with Crippen LogP contribution in [0, 0.1) is 6.92 Å². The molecule has 0 aliphatic rings. The molecule has 2 aromatic rings. The minimum atomic E-state index is -0.808. The molecule has 0 atom stereocenters. The summed E-state index contributed by atoms with van der Waals surface area (Å²) in [6, 6.07) is 10.8. The summed E-state index contributed by atoms with van der Waals surface area (Å²) in [5.74, 6) is -1.54. The lowest BCUT2D eigenvalue weighted by atomic mass is 10.2. The predicted molar refractivity (Wildman–Crippen MR) is 81.6 cm³/mol. The summed E-state index contributed by atoms with van der Waals surface area (Å²) in [7, 11) is 0. The van der Waals surface area contributed by atoms with Crippen LogP contribution >= 0.6 is 11.6 Å². The molecule has 2 amide bonds. The first-order valence-corrected chi connectivity index (χ1v) is 6.51. The number of carbonyl (C=O) groups excluding carboxylic acids is 2. The number of phenolic OH excluding ortho intramolecular Hbond substituents is 1. The van der Waals surface area contributed by atoms with Crippen LogP contribution in [0.15, 0.2) is 42.5 Å². The van der Waals surface area contributed by atoms with Crippen LogP contribution in [0.5, 0.6) is 5.75 Å². The molecule has 0 aliphatic heterocycles. The summed E-state index contributed by atoms with van der Waals surface area (Å²) in [4.78, 5) is 23.5. The highest BCUT2D eigenvalue weighted by Crippen LogP contribution is 2.20. The highest BCUT2D eigenvalue weighted by molar-refractivity contribution is 6.43. The van der Waals surface area contributed by atoms with E-state index in [0.717, 1.165) is 5.56 Å². The van der Waals surface area contributed by atoms with Gasteiger partial charge in [0.1, 0.15) is 5.75 Å². The number of carbonyl (C=O) groups is 2. The Morgan fingerprint density at radius 1 is 0.952 bits per heavy atom. The third-order valence-corrected chi connectivity index (χ3v) is 3.17. The largest absolute Gasteiger partial charge is 0.508 e. The zero-order valence-corrected chi connectivity index (χ0v) is 11.9. The molecule has 0 saturated heterocycles. The average Bonchev–Trinajstić information content (AvgIpc) is 2.45. The fourth-order valence-electron chi connectivity index (χ4n) is 1.59. The van der Waals surface area contributed by atoms with Crippen molar-refractivity contribution >= 4 is 34.8 Å². The van der Waals surface area contributed by atoms with Gasteiger partial charge < -0.3 is 15.7 Å². The molecule has 0 spiro atoms. The van der Waals surface area contributed by atoms with E-state index in [4.69, 9.17) is 16.7 Å². The fraction of sp³-hybridized carbons (Fsp3) is 0.0667. The molecule has 0 unspecified atom stereocenters. The third-order valence-electron chi connectivity index (χ3n) is 2.76. The van der Waals surface area contributed by atoms with Crippen molar-refractivity contribution < 1.29 is 14.7 Å². The second-order valence-electron chi connectivity index (χ2n) is 4.42. The van der Waals surface area contributed by atoms with E-state index in [1.807, 2.05) is 6.92 Å². The molecular weight excluding hydrogens is 292 g/mol. The number of aryl methyl sites for hydroxylation is 1. The van der Waals surface area contributed by atoms with Crippen molar-refractivity contribution in [2.24, 2.45) is 0 Å². The highest BCUT2D eigenvalue weighted by atomic mass is 35.5. The molecule has 0 aromatic heterocycles. The summed E-state index contributed by atoms with van der Waals surface area (Å²) < 4.78 is 0. The molecule has 0 aliphatic carbocycles. The number of benzene rings is 2. The average molecular weight is 305 g/mol. The van der Waals surface area contributed by atoms with Gasteiger partial charge >= 0.3 is 11.8 Å². The van der Waals surface area contributed by atoms with Crippen LogP contribution in [-0.4, -0.2) is 16.9 Å². The van der Waals surface area contributed by atoms with Gasteiger partial charge in [-0.2, -0.15) is 0 Å². The zero-order chi connectivity index (χ0) is 15.4. The number of phenols is 1. The fourth-order valence-corrected chi connectivity index (χ4v) is 1.77. The van der Waals surface area contributed by atoms with Crippen molar-refractivity contribution in [1.29, 1.82) is 0 Å². The van der Waals surface area contributed by atoms with Crippen LogP contribution in [0.25, 0.3) is 0 Å². The molecule has 108 valence electrons. The van der Waals surface area contributed by atoms with Gasteiger partial charge in [0.2, 0.25) is 0 Å². The SMILES string of the molecule is Cc1ccc(NC(=O)C(=O)Nc2ccc(O)cc2)cc1Cl. The molecule has 21 heavy (non-hydrogen) atoms. The smallest absolute Gasteiger partial charge is 0.314 e. The van der Waals surface area contributed by atoms with Crippen molar-refractivity contribution in [3.8, 4) is 5.75 Å². The van der Waals surface area contributed by atoms with Gasteiger partial charge in [-0.3, -0.25) is 9.59 Å². The first kappa shape index (κ1) is 14.9. The van der Waals surface area contributed by atoms with Crippen molar-refractivity contribution in [2.45, 2.75) is 6.92 Å². The maximum absolute atomic E-state index is 11.8. The van der Waals surface area contributed by atoms with Gasteiger partial charge in [0.05, 0.1) is 0 Å². The molecule has 2 rings (SSSR count). The minimum Gasteiger partial charge on any atom is -0.508 e. The molecule has 6 heteroatoms. The van der Waals surface area contributed by atoms with Crippen LogP contribution in [-0.2, 0) is 9.59 Å². The van der Waals surface area contributed by atoms with Crippen molar-refractivity contribution in [2.75, 3.05) is 10.6 Å². The summed E-state index contributed by atoms with van der Waals surface area (Å²) >= 11 is 5.95. The molecular formula is C15H13ClN2O3. The summed E-state index contributed by atoms with van der Waals surface area (Å²) in [6.45, 7) is 1.84. The lowest BCUT2D eigenvalue weighted by molar-refractivity contribution is -0.132. The molecule has 0 bridgehead atoms. The number of hydrogen-bond donors (Lipinski definition) is 3. The van der Waals surface area contributed by atoms with E-state index >= 15 is 0 Å². The Bertz CT molecular complexity index is 684. The second-order valence-corrected chi connectivity index (χ2v) is 4.83. The molecule has 3 N–H and O–H groups in total. The van der Waals surface area contributed by atoms with Crippen molar-refractivity contribution in [1.82, 2.24) is 0 Å². The molecule has 0 fully saturated rings. The van der Waals surface area contributed by atoms with Crippen molar-refractivity contribution in [3.05, 3.63) is 53.1 Å². The van der Waals surface area contributed by atoms with E-state index in [9.17, 15) is 9.59 Å². The number of halogens is 1. The van der Waals surface area contributed by atoms with E-state index in [1.54, 1.807) is 18.2 Å². The van der Waals surface area contributed by atoms with Crippen LogP contribution in [0.2, 0.25) is 5.02 Å². The minimum absolute atomic E-state index is 0.0757. The Kier molecular flexibility index (Phi) is 4.45. The summed E-state index contributed by atoms with van der Waals surface area (Å²) in [5.41, 5.74) is 1.73. The Balaban J connectivity index is 2.00. The van der Waals surface area contributed by atoms with Crippen LogP contribution < -0.4 is 10.6 Å². The van der Waals surface area contributed by atoms with Crippen LogP contribution in [0.4, 0.5) is 11.4 Å². The summed E-state index contributed by atoms with van der Waals surface area (Å²) in [6.07, 6.45) is 0. The van der Waals surface area contributed by atoms with Crippen LogP contribution in [0.1, 0.15) is 5.56 Å². The lowest BCUT2D eigenvalue weighted by Gasteiger charge is -2.07. The Labute approximate surface area is 126 Å². The second kappa shape index (κ2) is 6.28. The molecule has 0 heterocycles. The molecule has 5 nitrogen and oxygen atoms in total. The van der Waals surface area contributed by atoms with Gasteiger partial charge in [0.25, 0.3) is 0 Å². The Morgan fingerprint density at radius 2 is 1.48 bits per heavy atom. The maximum atomic E-state index is 11.8. The van der Waals surface area contributed by atoms with Crippen LogP contribution in [0.3, 0.4) is 0 Å². The molecule has 0 saturated carbocycles. The number of rotatable bonds is 2. The monoisotopic (exact) mass is 304 g/mol. The first-order valence-electron chi connectivity index (χ1n) is 6.13. The van der Waals surface area contributed by atoms with E-state index in [0.29, 0.717) is 16.4 Å². The number of hydrogen-bond acceptors (Lipinski definition) is 3. The first-order chi connectivity index (χ1) is 9.95. The van der Waals surface area contributed by atoms with Gasteiger partial charge in [0, 0.05) is 16.4 Å². The standard InChI is InChI=1S/C15H13ClN2O3/c1-9-2-3-11(8-13(9)16)18-15(21)14(20)17-10-4-6-12(19)7-5-10/h2-8,19H,1H3,(H,17,20)(H,18,21). The third kappa shape index (κ3) is 3.97. The van der Waals surface area contributed by atoms with Crippen molar-refractivity contribution in [3.63, 3.8) is 0 Å². The quantitative estimate of drug-likeness (QED) is 0.589. The van der Waals surface area contributed by atoms with E-state index < -0.39 is 11.8 Å². The maximum Gasteiger partial charge on any atom is 0.314 e. The molecule has 0 radical (unpaired) electrons. The number of amides is 2.